The molecule has 0 aliphatic carbocycles. The van der Waals surface area contributed by atoms with E-state index < -0.39 is 51.6 Å². The largest absolute Gasteiger partial charge is 0.461 e. The summed E-state index contributed by atoms with van der Waals surface area (Å²) in [5.41, 5.74) is -0.881. The topological polar surface area (TPSA) is 87.2 Å². The Kier molecular flexibility index (Phi) is 9.76. The minimum atomic E-state index is -4.50. The standard InChI is InChI=1S/C28H31F6N3O5S/c1-43(40,41)36-12-13-37(25(38)14-19-2-6-21(7-3-19)27(29,30)31)23(17-36)16-35-11-10-24(18-35)42-26(39)15-20-4-8-22(9-5-20)28(32,33)34/h2-9,23-24H,10-18H2,1H3. The lowest BCUT2D eigenvalue weighted by Gasteiger charge is -2.42. The van der Waals surface area contributed by atoms with Crippen LogP contribution in [-0.2, 0) is 49.5 Å². The maximum absolute atomic E-state index is 13.2. The predicted molar refractivity (Wildman–Crippen MR) is 143 cm³/mol. The number of likely N-dealkylation sites (tertiary alicyclic amines) is 1. The van der Waals surface area contributed by atoms with Gasteiger partial charge in [-0.25, -0.2) is 8.42 Å². The van der Waals surface area contributed by atoms with Crippen molar-refractivity contribution in [3.05, 3.63) is 70.8 Å². The molecule has 2 aliphatic rings. The molecule has 2 heterocycles. The molecule has 0 N–H and O–H groups in total. The molecular weight excluding hydrogens is 604 g/mol. The highest BCUT2D eigenvalue weighted by molar-refractivity contribution is 7.88. The Morgan fingerprint density at radius 3 is 1.86 bits per heavy atom. The van der Waals surface area contributed by atoms with Crippen LogP contribution in [0.15, 0.2) is 48.5 Å². The van der Waals surface area contributed by atoms with Crippen molar-refractivity contribution in [2.45, 2.75) is 43.8 Å². The lowest BCUT2D eigenvalue weighted by atomic mass is 10.1. The molecule has 236 valence electrons. The van der Waals surface area contributed by atoms with Crippen molar-refractivity contribution in [1.82, 2.24) is 14.1 Å². The normalized spacial score (nSPS) is 20.8. The van der Waals surface area contributed by atoms with Gasteiger partial charge in [0.25, 0.3) is 0 Å². The first-order valence-electron chi connectivity index (χ1n) is 13.5. The van der Waals surface area contributed by atoms with E-state index in [2.05, 4.69) is 0 Å². The summed E-state index contributed by atoms with van der Waals surface area (Å²) < 4.78 is 108. The Bertz CT molecular complexity index is 1400. The molecule has 0 radical (unpaired) electrons. The second kappa shape index (κ2) is 12.8. The number of ether oxygens (including phenoxy) is 1. The second-order valence-electron chi connectivity index (χ2n) is 10.8. The van der Waals surface area contributed by atoms with Gasteiger partial charge in [-0.3, -0.25) is 14.5 Å². The van der Waals surface area contributed by atoms with Gasteiger partial charge in [-0.05, 0) is 41.8 Å². The third-order valence-corrected chi connectivity index (χ3v) is 8.77. The molecule has 15 heteroatoms. The number of hydrogen-bond donors (Lipinski definition) is 0. The van der Waals surface area contributed by atoms with Gasteiger partial charge >= 0.3 is 18.3 Å². The fraction of sp³-hybridized carbons (Fsp3) is 0.500. The average Bonchev–Trinajstić information content (AvgIpc) is 3.34. The summed E-state index contributed by atoms with van der Waals surface area (Å²) in [7, 11) is -3.55. The van der Waals surface area contributed by atoms with Crippen LogP contribution in [0.5, 0.6) is 0 Å². The van der Waals surface area contributed by atoms with E-state index in [1.807, 2.05) is 4.90 Å². The smallest absolute Gasteiger partial charge is 0.416 e. The van der Waals surface area contributed by atoms with Crippen molar-refractivity contribution >= 4 is 21.9 Å². The van der Waals surface area contributed by atoms with Crippen LogP contribution in [-0.4, -0.2) is 92.1 Å². The monoisotopic (exact) mass is 635 g/mol. The second-order valence-corrected chi connectivity index (χ2v) is 12.7. The van der Waals surface area contributed by atoms with Crippen LogP contribution in [0.25, 0.3) is 0 Å². The van der Waals surface area contributed by atoms with E-state index in [9.17, 15) is 44.3 Å². The first kappa shape index (κ1) is 32.7. The highest BCUT2D eigenvalue weighted by atomic mass is 32.2. The third kappa shape index (κ3) is 8.92. The Labute approximate surface area is 245 Å². The molecule has 2 aliphatic heterocycles. The van der Waals surface area contributed by atoms with Crippen LogP contribution in [0.2, 0.25) is 0 Å². The minimum absolute atomic E-state index is 0.0342. The number of nitrogens with zero attached hydrogens (tertiary/aromatic N) is 3. The molecule has 43 heavy (non-hydrogen) atoms. The quantitative estimate of drug-likeness (QED) is 0.326. The highest BCUT2D eigenvalue weighted by Crippen LogP contribution is 2.30. The molecule has 0 spiro atoms. The van der Waals surface area contributed by atoms with Gasteiger partial charge in [0.2, 0.25) is 15.9 Å². The number of benzene rings is 2. The van der Waals surface area contributed by atoms with Gasteiger partial charge in [-0.1, -0.05) is 24.3 Å². The molecule has 2 saturated heterocycles. The molecule has 2 atom stereocenters. The molecule has 4 rings (SSSR count). The van der Waals surface area contributed by atoms with Crippen molar-refractivity contribution < 1.29 is 49.1 Å². The molecule has 2 aromatic carbocycles. The van der Waals surface area contributed by atoms with Gasteiger partial charge in [-0.2, -0.15) is 30.6 Å². The number of piperazine rings is 1. The van der Waals surface area contributed by atoms with Gasteiger partial charge in [-0.15, -0.1) is 0 Å². The maximum atomic E-state index is 13.2. The summed E-state index contributed by atoms with van der Waals surface area (Å²) in [4.78, 5) is 29.2. The Balaban J connectivity index is 1.35. The Hall–Kier alpha value is -3.17. The number of alkyl halides is 6. The Morgan fingerprint density at radius 1 is 0.814 bits per heavy atom. The lowest BCUT2D eigenvalue weighted by Crippen LogP contribution is -2.59. The van der Waals surface area contributed by atoms with E-state index in [0.717, 1.165) is 30.5 Å². The first-order valence-corrected chi connectivity index (χ1v) is 15.3. The highest BCUT2D eigenvalue weighted by Gasteiger charge is 2.37. The minimum Gasteiger partial charge on any atom is -0.461 e. The van der Waals surface area contributed by atoms with Crippen LogP contribution < -0.4 is 0 Å². The number of halogens is 6. The fourth-order valence-electron chi connectivity index (χ4n) is 5.26. The van der Waals surface area contributed by atoms with Crippen molar-refractivity contribution in [1.29, 1.82) is 0 Å². The summed E-state index contributed by atoms with van der Waals surface area (Å²) >= 11 is 0. The summed E-state index contributed by atoms with van der Waals surface area (Å²) in [6.07, 6.45) is -8.28. The number of hydrogen-bond acceptors (Lipinski definition) is 6. The summed E-state index contributed by atoms with van der Waals surface area (Å²) in [5, 5.41) is 0. The maximum Gasteiger partial charge on any atom is 0.416 e. The molecule has 2 unspecified atom stereocenters. The van der Waals surface area contributed by atoms with Crippen molar-refractivity contribution in [3.8, 4) is 0 Å². The number of rotatable bonds is 8. The van der Waals surface area contributed by atoms with Gasteiger partial charge in [0, 0.05) is 39.3 Å². The van der Waals surface area contributed by atoms with Crippen LogP contribution in [0.3, 0.4) is 0 Å². The molecule has 0 bridgehead atoms. The van der Waals surface area contributed by atoms with Crippen LogP contribution in [0.4, 0.5) is 26.3 Å². The van der Waals surface area contributed by atoms with Gasteiger partial charge in [0.15, 0.2) is 0 Å². The first-order chi connectivity index (χ1) is 20.0. The molecular formula is C28H31F6N3O5S. The number of esters is 1. The van der Waals surface area contributed by atoms with Crippen molar-refractivity contribution in [2.75, 3.05) is 45.5 Å². The van der Waals surface area contributed by atoms with E-state index in [0.29, 0.717) is 30.6 Å². The molecule has 8 nitrogen and oxygen atoms in total. The summed E-state index contributed by atoms with van der Waals surface area (Å²) in [6.45, 7) is 1.31. The van der Waals surface area contributed by atoms with Crippen molar-refractivity contribution in [3.63, 3.8) is 0 Å². The number of carbonyl (C=O) groups is 2. The molecule has 1 amide bonds. The van der Waals surface area contributed by atoms with E-state index in [1.165, 1.54) is 28.6 Å². The van der Waals surface area contributed by atoms with Crippen molar-refractivity contribution in [2.24, 2.45) is 0 Å². The molecule has 2 fully saturated rings. The van der Waals surface area contributed by atoms with Crippen LogP contribution in [0.1, 0.15) is 28.7 Å². The third-order valence-electron chi connectivity index (χ3n) is 7.50. The molecule has 2 aromatic rings. The SMILES string of the molecule is CS(=O)(=O)N1CCN(C(=O)Cc2ccc(C(F)(F)F)cc2)C(CN2CCC(OC(=O)Cc3ccc(C(F)(F)F)cc3)C2)C1. The van der Waals surface area contributed by atoms with Crippen LogP contribution >= 0.6 is 0 Å². The van der Waals surface area contributed by atoms with E-state index in [1.54, 1.807) is 4.90 Å². The zero-order valence-electron chi connectivity index (χ0n) is 23.2. The Morgan fingerprint density at radius 2 is 1.35 bits per heavy atom. The summed E-state index contributed by atoms with van der Waals surface area (Å²) in [6, 6.07) is 7.99. The zero-order valence-corrected chi connectivity index (χ0v) is 24.0. The number of amides is 1. The van der Waals surface area contributed by atoms with Gasteiger partial charge in [0.05, 0.1) is 36.3 Å². The predicted octanol–water partition coefficient (Wildman–Crippen LogP) is 3.60. The van der Waals surface area contributed by atoms with Gasteiger partial charge in [0.1, 0.15) is 6.10 Å². The summed E-state index contributed by atoms with van der Waals surface area (Å²) in [5.74, 6) is -0.947. The average molecular weight is 636 g/mol. The van der Waals surface area contributed by atoms with E-state index >= 15 is 0 Å². The van der Waals surface area contributed by atoms with E-state index in [4.69, 9.17) is 4.74 Å². The van der Waals surface area contributed by atoms with Crippen LogP contribution in [0, 0.1) is 0 Å². The molecule has 0 aromatic heterocycles. The molecule has 0 saturated carbocycles. The van der Waals surface area contributed by atoms with E-state index in [-0.39, 0.29) is 44.9 Å². The number of sulfonamides is 1. The number of carbonyl (C=O) groups excluding carboxylic acids is 2. The zero-order chi connectivity index (χ0) is 31.6. The lowest BCUT2D eigenvalue weighted by molar-refractivity contribution is -0.147. The fourth-order valence-corrected chi connectivity index (χ4v) is 6.12. The van der Waals surface area contributed by atoms with Gasteiger partial charge < -0.3 is 9.64 Å².